The topological polar surface area (TPSA) is 82.0 Å². The molecule has 0 atom stereocenters. The van der Waals surface area contributed by atoms with Crippen LogP contribution in [-0.2, 0) is 8.86 Å². The SMILES string of the molecule is Cc1ccc(Sc2ccc(Nc3ccc(CI)cc3)c3c2C(=O)c2c(Sc4ccc(C)cc4)c(C#N)cc(Nc4ccc(CI)cc4)c2C3=O)cc1. The van der Waals surface area contributed by atoms with E-state index in [1.165, 1.54) is 29.1 Å². The number of hydrogen-bond acceptors (Lipinski definition) is 7. The molecule has 52 heavy (non-hydrogen) atoms. The van der Waals surface area contributed by atoms with Crippen LogP contribution in [0.3, 0.4) is 0 Å². The Bertz CT molecular complexity index is 2370. The molecule has 0 heterocycles. The van der Waals surface area contributed by atoms with Crippen LogP contribution in [0.4, 0.5) is 22.7 Å². The third kappa shape index (κ3) is 7.53. The van der Waals surface area contributed by atoms with E-state index in [4.69, 9.17) is 0 Å². The number of alkyl halides is 2. The average molecular weight is 940 g/mol. The van der Waals surface area contributed by atoms with Gasteiger partial charge in [-0.25, -0.2) is 0 Å². The van der Waals surface area contributed by atoms with Gasteiger partial charge >= 0.3 is 0 Å². The summed E-state index contributed by atoms with van der Waals surface area (Å²) in [5.41, 5.74) is 8.56. The van der Waals surface area contributed by atoms with Crippen molar-refractivity contribution in [3.63, 3.8) is 0 Å². The Morgan fingerprint density at radius 2 is 1.06 bits per heavy atom. The molecule has 0 fully saturated rings. The number of rotatable bonds is 10. The van der Waals surface area contributed by atoms with E-state index in [0.717, 1.165) is 46.7 Å². The Balaban J connectivity index is 1.45. The molecular weight excluding hydrogens is 908 g/mol. The number of nitrogens with zero attached hydrogens (tertiary/aromatic N) is 1. The van der Waals surface area contributed by atoms with Gasteiger partial charge in [0.2, 0.25) is 0 Å². The number of ketones is 2. The first-order chi connectivity index (χ1) is 25.3. The lowest BCUT2D eigenvalue weighted by molar-refractivity contribution is 0.0975. The van der Waals surface area contributed by atoms with Crippen LogP contribution in [0.5, 0.6) is 0 Å². The summed E-state index contributed by atoms with van der Waals surface area (Å²) in [5.74, 6) is -0.581. The van der Waals surface area contributed by atoms with Gasteiger partial charge in [-0.1, -0.05) is 128 Å². The summed E-state index contributed by atoms with van der Waals surface area (Å²) in [5, 5.41) is 17.4. The smallest absolute Gasteiger partial charge is 0.198 e. The predicted octanol–water partition coefficient (Wildman–Crippen LogP) is 12.6. The van der Waals surface area contributed by atoms with Crippen molar-refractivity contribution in [3.8, 4) is 6.07 Å². The number of carbonyl (C=O) groups is 2. The number of nitriles is 1. The van der Waals surface area contributed by atoms with Gasteiger partial charge in [0.05, 0.1) is 33.6 Å². The maximum Gasteiger partial charge on any atom is 0.198 e. The number of fused-ring (bicyclic) bond motifs is 2. The molecule has 9 heteroatoms. The summed E-state index contributed by atoms with van der Waals surface area (Å²) in [6.07, 6.45) is 0. The van der Waals surface area contributed by atoms with Crippen LogP contribution >= 0.6 is 68.7 Å². The largest absolute Gasteiger partial charge is 0.355 e. The van der Waals surface area contributed by atoms with E-state index < -0.39 is 0 Å². The summed E-state index contributed by atoms with van der Waals surface area (Å²) in [6, 6.07) is 39.9. The summed E-state index contributed by atoms with van der Waals surface area (Å²) in [4.78, 5) is 33.5. The zero-order valence-electron chi connectivity index (χ0n) is 28.2. The molecule has 2 N–H and O–H groups in total. The zero-order chi connectivity index (χ0) is 36.4. The van der Waals surface area contributed by atoms with Crippen LogP contribution in [0.15, 0.2) is 135 Å². The van der Waals surface area contributed by atoms with Gasteiger partial charge in [-0.05, 0) is 91.7 Å². The highest BCUT2D eigenvalue weighted by Crippen LogP contribution is 2.47. The van der Waals surface area contributed by atoms with Crippen molar-refractivity contribution < 1.29 is 9.59 Å². The van der Waals surface area contributed by atoms with Crippen LogP contribution in [0.1, 0.15) is 59.7 Å². The minimum Gasteiger partial charge on any atom is -0.355 e. The summed E-state index contributed by atoms with van der Waals surface area (Å²) in [7, 11) is 0. The van der Waals surface area contributed by atoms with E-state index in [2.05, 4.69) is 74.0 Å². The molecule has 256 valence electrons. The van der Waals surface area contributed by atoms with E-state index in [9.17, 15) is 5.26 Å². The van der Waals surface area contributed by atoms with Gasteiger partial charge < -0.3 is 10.6 Å². The van der Waals surface area contributed by atoms with Crippen molar-refractivity contribution in [3.05, 3.63) is 165 Å². The molecule has 0 saturated carbocycles. The summed E-state index contributed by atoms with van der Waals surface area (Å²) >= 11 is 7.44. The lowest BCUT2D eigenvalue weighted by atomic mass is 9.81. The van der Waals surface area contributed by atoms with Gasteiger partial charge in [-0.3, -0.25) is 9.59 Å². The number of hydrogen-bond donors (Lipinski definition) is 2. The van der Waals surface area contributed by atoms with Crippen LogP contribution < -0.4 is 10.6 Å². The van der Waals surface area contributed by atoms with Gasteiger partial charge in [-0.2, -0.15) is 5.26 Å². The number of benzene rings is 6. The summed E-state index contributed by atoms with van der Waals surface area (Å²) < 4.78 is 1.74. The Kier molecular flexibility index (Phi) is 11.1. The van der Waals surface area contributed by atoms with Gasteiger partial charge in [0.15, 0.2) is 11.6 Å². The van der Waals surface area contributed by atoms with Crippen molar-refractivity contribution in [1.29, 1.82) is 5.26 Å². The first kappa shape index (κ1) is 36.3. The maximum absolute atomic E-state index is 15.3. The number of carbonyl (C=O) groups excluding carboxylic acids is 2. The van der Waals surface area contributed by atoms with Gasteiger partial charge in [0.25, 0.3) is 0 Å². The second kappa shape index (κ2) is 15.9. The highest BCUT2D eigenvalue weighted by atomic mass is 127. The molecular formula is C43H31I2N3O2S2. The molecule has 0 aromatic heterocycles. The van der Waals surface area contributed by atoms with Crippen LogP contribution in [0.2, 0.25) is 0 Å². The van der Waals surface area contributed by atoms with Crippen molar-refractivity contribution in [1.82, 2.24) is 0 Å². The minimum absolute atomic E-state index is 0.239. The quantitative estimate of drug-likeness (QED) is 0.104. The summed E-state index contributed by atoms with van der Waals surface area (Å²) in [6.45, 7) is 4.05. The van der Waals surface area contributed by atoms with Crippen LogP contribution in [0, 0.1) is 25.2 Å². The van der Waals surface area contributed by atoms with Crippen LogP contribution in [-0.4, -0.2) is 11.6 Å². The highest BCUT2D eigenvalue weighted by molar-refractivity contribution is 14.1. The predicted molar refractivity (Wildman–Crippen MR) is 230 cm³/mol. The van der Waals surface area contributed by atoms with Crippen LogP contribution in [0.25, 0.3) is 0 Å². The molecule has 0 unspecified atom stereocenters. The third-order valence-electron chi connectivity index (χ3n) is 8.74. The fraction of sp³-hybridized carbons (Fsp3) is 0.0930. The molecule has 0 bridgehead atoms. The molecule has 5 nitrogen and oxygen atoms in total. The molecule has 1 aliphatic carbocycles. The van der Waals surface area contributed by atoms with Crippen molar-refractivity contribution in [2.45, 2.75) is 42.3 Å². The normalized spacial score (nSPS) is 11.8. The lowest BCUT2D eigenvalue weighted by Gasteiger charge is -2.27. The van der Waals surface area contributed by atoms with Crippen molar-refractivity contribution in [2.24, 2.45) is 0 Å². The molecule has 6 aromatic rings. The van der Waals surface area contributed by atoms with Crippen molar-refractivity contribution in [2.75, 3.05) is 10.6 Å². The second-order valence-electron chi connectivity index (χ2n) is 12.4. The van der Waals surface area contributed by atoms with E-state index in [0.29, 0.717) is 37.9 Å². The molecule has 0 saturated heterocycles. The standard InChI is InChI=1S/C43H31I2N3O2S2/c1-25-3-15-32(16-4-25)51-36-20-19-34(47-30-11-7-27(22-44)8-12-30)37-39(36)42(50)40-38(41(37)49)35(48-31-13-9-28(23-45)10-14-31)21-29(24-46)43(40)52-33-17-5-26(2)6-18-33/h3-21,47-48H,22-23H2,1-2H3. The fourth-order valence-electron chi connectivity index (χ4n) is 6.01. The third-order valence-corrected chi connectivity index (χ3v) is 12.7. The Hall–Kier alpha value is -4.09. The Labute approximate surface area is 339 Å². The number of nitrogens with one attached hydrogen (secondary N) is 2. The average Bonchev–Trinajstić information content (AvgIpc) is 3.17. The Morgan fingerprint density at radius 1 is 0.577 bits per heavy atom. The van der Waals surface area contributed by atoms with Gasteiger partial charge in [0, 0.05) is 45.4 Å². The van der Waals surface area contributed by atoms with Gasteiger partial charge in [0.1, 0.15) is 6.07 Å². The van der Waals surface area contributed by atoms with E-state index in [1.54, 1.807) is 6.07 Å². The highest BCUT2D eigenvalue weighted by Gasteiger charge is 2.39. The lowest BCUT2D eigenvalue weighted by Crippen LogP contribution is -2.25. The first-order valence-electron chi connectivity index (χ1n) is 16.5. The van der Waals surface area contributed by atoms with Gasteiger partial charge in [-0.15, -0.1) is 0 Å². The fourth-order valence-corrected chi connectivity index (χ4v) is 9.01. The number of aryl methyl sites for hydroxylation is 2. The van der Waals surface area contributed by atoms with E-state index in [1.807, 2.05) is 111 Å². The molecule has 7 rings (SSSR count). The second-order valence-corrected chi connectivity index (χ2v) is 16.1. The molecule has 0 aliphatic heterocycles. The monoisotopic (exact) mass is 939 g/mol. The molecule has 0 spiro atoms. The number of anilines is 4. The van der Waals surface area contributed by atoms with Crippen molar-refractivity contribution >= 4 is 103 Å². The minimum atomic E-state index is -0.293. The maximum atomic E-state index is 15.3. The molecule has 6 aromatic carbocycles. The zero-order valence-corrected chi connectivity index (χ0v) is 34.2. The first-order valence-corrected chi connectivity index (χ1v) is 21.1. The molecule has 0 amide bonds. The Morgan fingerprint density at radius 3 is 1.58 bits per heavy atom. The van der Waals surface area contributed by atoms with E-state index >= 15 is 9.59 Å². The number of halogens is 2. The molecule has 1 aliphatic rings. The molecule has 0 radical (unpaired) electrons. The van der Waals surface area contributed by atoms with E-state index in [-0.39, 0.29) is 22.7 Å².